The number of unbranched alkanes of at least 4 members (excludes halogenated alkanes) is 2. The second-order valence-electron chi connectivity index (χ2n) is 4.75. The summed E-state index contributed by atoms with van der Waals surface area (Å²) in [6.45, 7) is 8.16. The Balaban J connectivity index is 2.72. The minimum Gasteiger partial charge on any atom is -0.121 e. The fourth-order valence-electron chi connectivity index (χ4n) is 1.84. The van der Waals surface area contributed by atoms with Crippen LogP contribution in [-0.2, 0) is 0 Å². The largest absolute Gasteiger partial charge is 0.121 e. The molecule has 0 nitrogen and oxygen atoms in total. The number of benzene rings is 1. The number of allylic oxidation sites excluding steroid dienone is 2. The summed E-state index contributed by atoms with van der Waals surface area (Å²) in [5.41, 5.74) is 7.31. The van der Waals surface area contributed by atoms with Crippen LogP contribution in [0, 0.1) is 6.92 Å². The molecule has 1 rings (SSSR count). The standard InChI is InChI=1S/C18H24/c1-4-6-7-9-17(8-5-2)14-15-18-12-10-16(3)11-13-18/h5,10-13,15H,2,4,6-9H2,1,3H3. The molecule has 18 heavy (non-hydrogen) atoms. The fourth-order valence-corrected chi connectivity index (χ4v) is 1.84. The van der Waals surface area contributed by atoms with Crippen LogP contribution in [0.1, 0.15) is 50.2 Å². The lowest BCUT2D eigenvalue weighted by atomic mass is 10.0. The molecule has 0 saturated heterocycles. The summed E-state index contributed by atoms with van der Waals surface area (Å²) in [7, 11) is 0. The Kier molecular flexibility index (Phi) is 6.91. The van der Waals surface area contributed by atoms with Gasteiger partial charge in [0.25, 0.3) is 0 Å². The van der Waals surface area contributed by atoms with E-state index in [1.165, 1.54) is 36.0 Å². The van der Waals surface area contributed by atoms with Crippen LogP contribution >= 0.6 is 0 Å². The molecule has 0 saturated carbocycles. The quantitative estimate of drug-likeness (QED) is 0.326. The van der Waals surface area contributed by atoms with Crippen molar-refractivity contribution in [2.75, 3.05) is 0 Å². The first-order chi connectivity index (χ1) is 8.76. The number of rotatable bonds is 7. The molecule has 0 radical (unpaired) electrons. The van der Waals surface area contributed by atoms with Gasteiger partial charge in [0.05, 0.1) is 0 Å². The fraction of sp³-hybridized carbons (Fsp3) is 0.389. The molecule has 0 atom stereocenters. The van der Waals surface area contributed by atoms with Gasteiger partial charge in [-0.15, -0.1) is 12.3 Å². The summed E-state index contributed by atoms with van der Waals surface area (Å²) in [5, 5.41) is 0. The minimum atomic E-state index is 0.950. The van der Waals surface area contributed by atoms with Gasteiger partial charge in [0.1, 0.15) is 0 Å². The molecule has 1 aromatic rings. The lowest BCUT2D eigenvalue weighted by Crippen LogP contribution is -1.81. The van der Waals surface area contributed by atoms with Crippen LogP contribution in [-0.4, -0.2) is 0 Å². The number of aryl methyl sites for hydroxylation is 1. The van der Waals surface area contributed by atoms with Crippen molar-refractivity contribution in [1.29, 1.82) is 0 Å². The van der Waals surface area contributed by atoms with Crippen LogP contribution in [0.15, 0.2) is 48.2 Å². The third-order valence-electron chi connectivity index (χ3n) is 2.99. The van der Waals surface area contributed by atoms with Gasteiger partial charge < -0.3 is 0 Å². The van der Waals surface area contributed by atoms with E-state index in [2.05, 4.69) is 56.5 Å². The normalized spacial score (nSPS) is 9.67. The maximum atomic E-state index is 3.82. The van der Waals surface area contributed by atoms with Gasteiger partial charge in [0, 0.05) is 0 Å². The van der Waals surface area contributed by atoms with Gasteiger partial charge in [-0.25, -0.2) is 0 Å². The van der Waals surface area contributed by atoms with Crippen molar-refractivity contribution in [3.63, 3.8) is 0 Å². The molecule has 0 aromatic heterocycles. The Hall–Kier alpha value is -1.52. The molecule has 0 N–H and O–H groups in total. The van der Waals surface area contributed by atoms with Crippen molar-refractivity contribution in [3.05, 3.63) is 59.4 Å². The SMILES string of the molecule is C=CCC(=C=Cc1ccc(C)cc1)CCCCC. The lowest BCUT2D eigenvalue weighted by Gasteiger charge is -2.00. The second-order valence-corrected chi connectivity index (χ2v) is 4.75. The average Bonchev–Trinajstić information content (AvgIpc) is 2.38. The molecular weight excluding hydrogens is 216 g/mol. The number of hydrogen-bond acceptors (Lipinski definition) is 0. The monoisotopic (exact) mass is 240 g/mol. The van der Waals surface area contributed by atoms with Crippen LogP contribution in [0.25, 0.3) is 6.08 Å². The molecule has 0 aliphatic heterocycles. The Morgan fingerprint density at radius 1 is 1.22 bits per heavy atom. The third kappa shape index (κ3) is 5.70. The summed E-state index contributed by atoms with van der Waals surface area (Å²) in [6.07, 6.45) is 9.97. The number of hydrogen-bond donors (Lipinski definition) is 0. The Morgan fingerprint density at radius 2 is 1.94 bits per heavy atom. The second kappa shape index (κ2) is 8.55. The van der Waals surface area contributed by atoms with Crippen molar-refractivity contribution in [3.8, 4) is 0 Å². The Morgan fingerprint density at radius 3 is 2.56 bits per heavy atom. The van der Waals surface area contributed by atoms with E-state index in [-0.39, 0.29) is 0 Å². The summed E-state index contributed by atoms with van der Waals surface area (Å²) >= 11 is 0. The summed E-state index contributed by atoms with van der Waals surface area (Å²) in [4.78, 5) is 0. The zero-order valence-electron chi connectivity index (χ0n) is 11.7. The minimum absolute atomic E-state index is 0.950. The molecule has 0 heteroatoms. The first kappa shape index (κ1) is 14.5. The molecule has 0 spiro atoms. The van der Waals surface area contributed by atoms with Crippen LogP contribution < -0.4 is 0 Å². The molecule has 0 fully saturated rings. The molecular formula is C18H24. The van der Waals surface area contributed by atoms with Crippen molar-refractivity contribution in [1.82, 2.24) is 0 Å². The molecule has 0 aliphatic carbocycles. The van der Waals surface area contributed by atoms with Crippen molar-refractivity contribution < 1.29 is 0 Å². The highest BCUT2D eigenvalue weighted by atomic mass is 14.0. The summed E-state index contributed by atoms with van der Waals surface area (Å²) in [5.74, 6) is 0. The zero-order valence-corrected chi connectivity index (χ0v) is 11.7. The predicted molar refractivity (Wildman–Crippen MR) is 81.6 cm³/mol. The molecule has 1 aromatic carbocycles. The maximum absolute atomic E-state index is 3.82. The Labute approximate surface area is 112 Å². The van der Waals surface area contributed by atoms with Crippen molar-refractivity contribution in [2.24, 2.45) is 0 Å². The van der Waals surface area contributed by atoms with E-state index < -0.39 is 0 Å². The van der Waals surface area contributed by atoms with E-state index in [0.29, 0.717) is 0 Å². The van der Waals surface area contributed by atoms with E-state index in [1.807, 2.05) is 6.08 Å². The first-order valence-corrected chi connectivity index (χ1v) is 6.88. The molecule has 0 unspecified atom stereocenters. The first-order valence-electron chi connectivity index (χ1n) is 6.88. The van der Waals surface area contributed by atoms with Gasteiger partial charge in [0.15, 0.2) is 0 Å². The van der Waals surface area contributed by atoms with E-state index in [4.69, 9.17) is 0 Å². The maximum Gasteiger partial charge on any atom is -0.00652 e. The smallest absolute Gasteiger partial charge is 0.00652 e. The highest BCUT2D eigenvalue weighted by Crippen LogP contribution is 2.13. The average molecular weight is 240 g/mol. The molecule has 0 aliphatic rings. The van der Waals surface area contributed by atoms with Crippen LogP contribution in [0.4, 0.5) is 0 Å². The van der Waals surface area contributed by atoms with Crippen LogP contribution in [0.2, 0.25) is 0 Å². The van der Waals surface area contributed by atoms with Gasteiger partial charge in [0.2, 0.25) is 0 Å². The van der Waals surface area contributed by atoms with Gasteiger partial charge in [-0.2, -0.15) is 0 Å². The Bertz CT molecular complexity index is 414. The van der Waals surface area contributed by atoms with Gasteiger partial charge in [-0.1, -0.05) is 55.7 Å². The lowest BCUT2D eigenvalue weighted by molar-refractivity contribution is 0.708. The van der Waals surface area contributed by atoms with Gasteiger partial charge >= 0.3 is 0 Å². The zero-order chi connectivity index (χ0) is 13.2. The third-order valence-corrected chi connectivity index (χ3v) is 2.99. The highest BCUT2D eigenvalue weighted by Gasteiger charge is 1.94. The summed E-state index contributed by atoms with van der Waals surface area (Å²) in [6, 6.07) is 8.55. The van der Waals surface area contributed by atoms with E-state index >= 15 is 0 Å². The highest BCUT2D eigenvalue weighted by molar-refractivity contribution is 5.49. The summed E-state index contributed by atoms with van der Waals surface area (Å²) < 4.78 is 0. The predicted octanol–water partition coefficient (Wildman–Crippen LogP) is 5.69. The van der Waals surface area contributed by atoms with Gasteiger partial charge in [-0.3, -0.25) is 0 Å². The van der Waals surface area contributed by atoms with E-state index in [9.17, 15) is 0 Å². The van der Waals surface area contributed by atoms with Crippen LogP contribution in [0.3, 0.4) is 0 Å². The van der Waals surface area contributed by atoms with Crippen LogP contribution in [0.5, 0.6) is 0 Å². The molecule has 0 amide bonds. The van der Waals surface area contributed by atoms with Gasteiger partial charge in [-0.05, 0) is 43.4 Å². The van der Waals surface area contributed by atoms with Crippen molar-refractivity contribution >= 4 is 6.08 Å². The molecule has 96 valence electrons. The van der Waals surface area contributed by atoms with E-state index in [0.717, 1.165) is 12.8 Å². The molecule has 0 bridgehead atoms. The topological polar surface area (TPSA) is 0 Å². The molecule has 0 heterocycles. The van der Waals surface area contributed by atoms with E-state index in [1.54, 1.807) is 0 Å². The van der Waals surface area contributed by atoms with Crippen molar-refractivity contribution in [2.45, 2.75) is 46.0 Å².